The van der Waals surface area contributed by atoms with Gasteiger partial charge < -0.3 is 10.1 Å². The molecule has 25 heavy (non-hydrogen) atoms. The molecule has 0 aliphatic carbocycles. The van der Waals surface area contributed by atoms with E-state index in [1.54, 1.807) is 23.1 Å². The van der Waals surface area contributed by atoms with Gasteiger partial charge in [0.15, 0.2) is 5.82 Å². The Hall–Kier alpha value is -3.15. The van der Waals surface area contributed by atoms with Crippen molar-refractivity contribution in [3.05, 3.63) is 66.0 Å². The summed E-state index contributed by atoms with van der Waals surface area (Å²) in [6.45, 7) is 0.603. The molecule has 2 aromatic carbocycles. The number of carbonyl (C=O) groups is 1. The van der Waals surface area contributed by atoms with Crippen molar-refractivity contribution in [2.75, 3.05) is 6.61 Å². The van der Waals surface area contributed by atoms with Gasteiger partial charge in [0.1, 0.15) is 12.1 Å². The molecule has 0 radical (unpaired) electrons. The molecule has 1 aliphatic heterocycles. The van der Waals surface area contributed by atoms with Gasteiger partial charge in [-0.15, -0.1) is 0 Å². The second-order valence-electron chi connectivity index (χ2n) is 6.02. The average Bonchev–Trinajstić information content (AvgIpc) is 3.08. The minimum atomic E-state index is -0.0952. The van der Waals surface area contributed by atoms with Crippen molar-refractivity contribution in [1.29, 1.82) is 0 Å². The fourth-order valence-electron chi connectivity index (χ4n) is 2.98. The molecule has 1 aliphatic rings. The third-order valence-electron chi connectivity index (χ3n) is 4.27. The van der Waals surface area contributed by atoms with Crippen molar-refractivity contribution in [2.24, 2.45) is 7.05 Å². The van der Waals surface area contributed by atoms with E-state index in [1.165, 1.54) is 0 Å². The third-order valence-corrected chi connectivity index (χ3v) is 4.27. The summed E-state index contributed by atoms with van der Waals surface area (Å²) in [6.07, 6.45) is 2.41. The molecule has 6 heteroatoms. The monoisotopic (exact) mass is 334 g/mol. The van der Waals surface area contributed by atoms with Crippen molar-refractivity contribution < 1.29 is 9.53 Å². The highest BCUT2D eigenvalue weighted by molar-refractivity contribution is 5.94. The van der Waals surface area contributed by atoms with Crippen LogP contribution in [0.5, 0.6) is 5.75 Å². The van der Waals surface area contributed by atoms with Crippen LogP contribution in [0.15, 0.2) is 54.9 Å². The molecular formula is C19H18N4O2. The van der Waals surface area contributed by atoms with Crippen LogP contribution in [0.25, 0.3) is 11.4 Å². The van der Waals surface area contributed by atoms with E-state index in [2.05, 4.69) is 15.4 Å². The highest BCUT2D eigenvalue weighted by atomic mass is 16.5. The Kier molecular flexibility index (Phi) is 3.93. The minimum absolute atomic E-state index is 0.0328. The van der Waals surface area contributed by atoms with Crippen molar-refractivity contribution in [2.45, 2.75) is 12.5 Å². The molecule has 1 unspecified atom stereocenters. The maximum absolute atomic E-state index is 12.6. The Morgan fingerprint density at radius 1 is 1.20 bits per heavy atom. The van der Waals surface area contributed by atoms with Crippen LogP contribution in [0.3, 0.4) is 0 Å². The molecule has 0 saturated heterocycles. The highest BCUT2D eigenvalue weighted by Gasteiger charge is 2.23. The first-order valence-electron chi connectivity index (χ1n) is 8.19. The van der Waals surface area contributed by atoms with Gasteiger partial charge in [-0.3, -0.25) is 9.48 Å². The first-order valence-corrected chi connectivity index (χ1v) is 8.19. The average molecular weight is 334 g/mol. The maximum atomic E-state index is 12.6. The van der Waals surface area contributed by atoms with Crippen LogP contribution >= 0.6 is 0 Å². The predicted molar refractivity (Wildman–Crippen MR) is 93.2 cm³/mol. The number of carbonyl (C=O) groups excluding carboxylic acids is 1. The van der Waals surface area contributed by atoms with Crippen LogP contribution in [0, 0.1) is 0 Å². The van der Waals surface area contributed by atoms with Gasteiger partial charge in [0.25, 0.3) is 5.91 Å². The molecule has 0 fully saturated rings. The van der Waals surface area contributed by atoms with Crippen molar-refractivity contribution in [3.63, 3.8) is 0 Å². The number of nitrogens with one attached hydrogen (secondary N) is 1. The number of benzene rings is 2. The summed E-state index contributed by atoms with van der Waals surface area (Å²) >= 11 is 0. The lowest BCUT2D eigenvalue weighted by atomic mass is 10.00. The smallest absolute Gasteiger partial charge is 0.251 e. The SMILES string of the molecule is Cn1cnc(-c2ccc(C(=O)NC3CCOc4ccccc43)cc2)n1. The molecule has 1 amide bonds. The zero-order valence-corrected chi connectivity index (χ0v) is 13.8. The summed E-state index contributed by atoms with van der Waals surface area (Å²) in [4.78, 5) is 16.8. The van der Waals surface area contributed by atoms with Crippen LogP contribution in [-0.2, 0) is 7.05 Å². The lowest BCUT2D eigenvalue weighted by molar-refractivity contribution is 0.0925. The van der Waals surface area contributed by atoms with Gasteiger partial charge in [-0.2, -0.15) is 5.10 Å². The van der Waals surface area contributed by atoms with Crippen LogP contribution < -0.4 is 10.1 Å². The molecule has 1 atom stereocenters. The first kappa shape index (κ1) is 15.4. The van der Waals surface area contributed by atoms with Gasteiger partial charge >= 0.3 is 0 Å². The van der Waals surface area contributed by atoms with Gasteiger partial charge in [-0.1, -0.05) is 30.3 Å². The number of fused-ring (bicyclic) bond motifs is 1. The third kappa shape index (κ3) is 3.10. The standard InChI is InChI=1S/C19H18N4O2/c1-23-12-20-18(22-23)13-6-8-14(9-7-13)19(24)21-16-10-11-25-17-5-3-2-4-15(16)17/h2-9,12,16H,10-11H2,1H3,(H,21,24). The topological polar surface area (TPSA) is 69.0 Å². The number of aryl methyl sites for hydroxylation is 1. The quantitative estimate of drug-likeness (QED) is 0.800. The molecule has 2 heterocycles. The van der Waals surface area contributed by atoms with E-state index in [0.29, 0.717) is 18.0 Å². The van der Waals surface area contributed by atoms with Gasteiger partial charge in [-0.25, -0.2) is 4.98 Å². The van der Waals surface area contributed by atoms with E-state index in [9.17, 15) is 4.79 Å². The Bertz CT molecular complexity index is 902. The van der Waals surface area contributed by atoms with E-state index >= 15 is 0 Å². The van der Waals surface area contributed by atoms with Crippen molar-refractivity contribution in [3.8, 4) is 17.1 Å². The lowest BCUT2D eigenvalue weighted by Crippen LogP contribution is -2.32. The van der Waals surface area contributed by atoms with E-state index < -0.39 is 0 Å². The number of nitrogens with zero attached hydrogens (tertiary/aromatic N) is 3. The van der Waals surface area contributed by atoms with Gasteiger partial charge in [0.2, 0.25) is 0 Å². The molecule has 0 spiro atoms. The number of aromatic nitrogens is 3. The Morgan fingerprint density at radius 2 is 2.00 bits per heavy atom. The fraction of sp³-hybridized carbons (Fsp3) is 0.211. The first-order chi connectivity index (χ1) is 12.2. The summed E-state index contributed by atoms with van der Waals surface area (Å²) < 4.78 is 7.29. The normalized spacial score (nSPS) is 16.0. The zero-order valence-electron chi connectivity index (χ0n) is 13.8. The van der Waals surface area contributed by atoms with Gasteiger partial charge in [-0.05, 0) is 18.2 Å². The molecule has 1 aromatic heterocycles. The molecule has 126 valence electrons. The number of para-hydroxylation sites is 1. The van der Waals surface area contributed by atoms with Crippen LogP contribution in [0.4, 0.5) is 0 Å². The summed E-state index contributed by atoms with van der Waals surface area (Å²) in [5.74, 6) is 1.39. The zero-order chi connectivity index (χ0) is 17.2. The molecule has 0 saturated carbocycles. The molecule has 0 bridgehead atoms. The van der Waals surface area contributed by atoms with Crippen LogP contribution in [0.1, 0.15) is 28.4 Å². The Morgan fingerprint density at radius 3 is 2.76 bits per heavy atom. The number of ether oxygens (including phenoxy) is 1. The summed E-state index contributed by atoms with van der Waals surface area (Å²) in [7, 11) is 1.82. The summed E-state index contributed by atoms with van der Waals surface area (Å²) in [5, 5.41) is 7.37. The molecule has 6 nitrogen and oxygen atoms in total. The molecule has 3 aromatic rings. The maximum Gasteiger partial charge on any atom is 0.251 e. The predicted octanol–water partition coefficient (Wildman–Crippen LogP) is 2.74. The lowest BCUT2D eigenvalue weighted by Gasteiger charge is -2.26. The Labute approximate surface area is 145 Å². The van der Waals surface area contributed by atoms with Crippen molar-refractivity contribution >= 4 is 5.91 Å². The highest BCUT2D eigenvalue weighted by Crippen LogP contribution is 2.31. The van der Waals surface area contributed by atoms with E-state index in [1.807, 2.05) is 43.4 Å². The number of hydrogen-bond acceptors (Lipinski definition) is 4. The van der Waals surface area contributed by atoms with E-state index in [4.69, 9.17) is 4.74 Å². The number of hydrogen-bond donors (Lipinski definition) is 1. The summed E-state index contributed by atoms with van der Waals surface area (Å²) in [5.41, 5.74) is 2.52. The van der Waals surface area contributed by atoms with Gasteiger partial charge in [0, 0.05) is 30.2 Å². The second kappa shape index (κ2) is 6.39. The van der Waals surface area contributed by atoms with Crippen LogP contribution in [0.2, 0.25) is 0 Å². The fourth-order valence-corrected chi connectivity index (χ4v) is 2.98. The van der Waals surface area contributed by atoms with Crippen molar-refractivity contribution in [1.82, 2.24) is 20.1 Å². The number of rotatable bonds is 3. The Balaban J connectivity index is 1.50. The van der Waals surface area contributed by atoms with Crippen LogP contribution in [-0.4, -0.2) is 27.3 Å². The van der Waals surface area contributed by atoms with E-state index in [0.717, 1.165) is 23.3 Å². The van der Waals surface area contributed by atoms with Gasteiger partial charge in [0.05, 0.1) is 12.6 Å². The largest absolute Gasteiger partial charge is 0.493 e. The second-order valence-corrected chi connectivity index (χ2v) is 6.02. The van der Waals surface area contributed by atoms with E-state index in [-0.39, 0.29) is 11.9 Å². The molecule has 4 rings (SSSR count). The number of amides is 1. The minimum Gasteiger partial charge on any atom is -0.493 e. The molecule has 1 N–H and O–H groups in total. The molecular weight excluding hydrogens is 316 g/mol. The summed E-state index contributed by atoms with van der Waals surface area (Å²) in [6, 6.07) is 15.1.